The molecule has 1 aliphatic heterocycles. The van der Waals surface area contributed by atoms with Gasteiger partial charge in [0, 0.05) is 17.2 Å². The molecule has 0 aliphatic carbocycles. The smallest absolute Gasteiger partial charge is 0.549 e. The second-order valence-electron chi connectivity index (χ2n) is 6.98. The number of rotatable bonds is 5. The van der Waals surface area contributed by atoms with Gasteiger partial charge < -0.3 is 19.4 Å². The van der Waals surface area contributed by atoms with Crippen molar-refractivity contribution in [1.82, 2.24) is 0 Å². The van der Waals surface area contributed by atoms with E-state index in [0.717, 1.165) is 0 Å². The van der Waals surface area contributed by atoms with Crippen LogP contribution in [-0.4, -0.2) is 26.1 Å². The van der Waals surface area contributed by atoms with Gasteiger partial charge in [0.15, 0.2) is 0 Å². The average Bonchev–Trinajstić information content (AvgIpc) is 2.79. The van der Waals surface area contributed by atoms with E-state index in [1.54, 1.807) is 87.0 Å². The Morgan fingerprint density at radius 2 is 1.42 bits per heavy atom. The Labute approximate surface area is 202 Å². The number of carboxylic acid groups (broad SMARTS) is 1. The maximum Gasteiger partial charge on any atom is 1.00 e. The molecule has 152 valence electrons. The van der Waals surface area contributed by atoms with Crippen LogP contribution in [0.2, 0.25) is 0 Å². The van der Waals surface area contributed by atoms with Crippen molar-refractivity contribution < 1.29 is 53.7 Å². The second-order valence-corrected chi connectivity index (χ2v) is 6.98. The van der Waals surface area contributed by atoms with Crippen molar-refractivity contribution in [3.63, 3.8) is 0 Å². The Morgan fingerprint density at radius 3 is 1.97 bits per heavy atom. The van der Waals surface area contributed by atoms with Crippen molar-refractivity contribution in [3.05, 3.63) is 89.5 Å². The summed E-state index contributed by atoms with van der Waals surface area (Å²) < 4.78 is 10.4. The van der Waals surface area contributed by atoms with Crippen LogP contribution >= 0.6 is 0 Å². The molecule has 1 heterocycles. The van der Waals surface area contributed by atoms with E-state index in [1.165, 1.54) is 4.90 Å². The number of ether oxygens (including phenoxy) is 2. The monoisotopic (exact) mass is 425 g/mol. The molecule has 7 heteroatoms. The molecular formula is C24H20NNaO5. The summed E-state index contributed by atoms with van der Waals surface area (Å²) in [4.78, 5) is 27.3. The van der Waals surface area contributed by atoms with Gasteiger partial charge in [-0.1, -0.05) is 30.3 Å². The summed E-state index contributed by atoms with van der Waals surface area (Å²) >= 11 is 0. The number of amides is 1. The molecular weight excluding hydrogens is 405 g/mol. The van der Waals surface area contributed by atoms with E-state index in [4.69, 9.17) is 9.47 Å². The maximum absolute atomic E-state index is 13.5. The van der Waals surface area contributed by atoms with Gasteiger partial charge in [0.05, 0.1) is 26.2 Å². The van der Waals surface area contributed by atoms with Gasteiger partial charge in [-0.15, -0.1) is 0 Å². The molecule has 2 unspecified atom stereocenters. The molecule has 0 N–H and O–H groups in total. The molecule has 6 nitrogen and oxygen atoms in total. The maximum atomic E-state index is 13.5. The number of methoxy groups -OCH3 is 2. The van der Waals surface area contributed by atoms with Crippen LogP contribution in [0.4, 0.5) is 5.69 Å². The van der Waals surface area contributed by atoms with Gasteiger partial charge in [-0.25, -0.2) is 0 Å². The molecule has 31 heavy (non-hydrogen) atoms. The van der Waals surface area contributed by atoms with Gasteiger partial charge in [0.1, 0.15) is 11.5 Å². The first-order valence-electron chi connectivity index (χ1n) is 9.46. The summed E-state index contributed by atoms with van der Waals surface area (Å²) in [6, 6.07) is 20.0. The number of nitrogens with zero attached hydrogens (tertiary/aromatic N) is 1. The van der Waals surface area contributed by atoms with Gasteiger partial charge in [0.2, 0.25) is 0 Å². The number of aliphatic carboxylic acids is 1. The van der Waals surface area contributed by atoms with E-state index in [1.807, 2.05) is 0 Å². The minimum absolute atomic E-state index is 0. The third kappa shape index (κ3) is 4.19. The van der Waals surface area contributed by atoms with Crippen molar-refractivity contribution in [1.29, 1.82) is 0 Å². The Balaban J connectivity index is 0.00000272. The van der Waals surface area contributed by atoms with E-state index >= 15 is 0 Å². The summed E-state index contributed by atoms with van der Waals surface area (Å²) in [5, 5.41) is 12.3. The number of carbonyl (C=O) groups excluding carboxylic acids is 2. The number of hydrogen-bond donors (Lipinski definition) is 0. The molecule has 0 bridgehead atoms. The van der Waals surface area contributed by atoms with Gasteiger partial charge in [-0.2, -0.15) is 0 Å². The van der Waals surface area contributed by atoms with Gasteiger partial charge in [0.25, 0.3) is 5.91 Å². The van der Waals surface area contributed by atoms with Crippen molar-refractivity contribution in [2.24, 2.45) is 0 Å². The van der Waals surface area contributed by atoms with E-state index in [9.17, 15) is 14.7 Å². The fourth-order valence-electron chi connectivity index (χ4n) is 3.96. The molecule has 0 fully saturated rings. The normalized spacial score (nSPS) is 17.4. The molecule has 2 atom stereocenters. The zero-order chi connectivity index (χ0) is 21.3. The largest absolute Gasteiger partial charge is 1.00 e. The van der Waals surface area contributed by atoms with Crippen LogP contribution in [0.1, 0.15) is 33.4 Å². The van der Waals surface area contributed by atoms with Gasteiger partial charge >= 0.3 is 29.6 Å². The molecule has 3 aromatic carbocycles. The number of carboxylic acids is 1. The summed E-state index contributed by atoms with van der Waals surface area (Å²) in [5.41, 5.74) is 2.05. The third-order valence-corrected chi connectivity index (χ3v) is 5.40. The van der Waals surface area contributed by atoms with E-state index in [2.05, 4.69) is 0 Å². The molecule has 0 radical (unpaired) electrons. The van der Waals surface area contributed by atoms with Crippen LogP contribution in [0.5, 0.6) is 11.5 Å². The Bertz CT molecular complexity index is 1080. The van der Waals surface area contributed by atoms with Crippen LogP contribution in [0.3, 0.4) is 0 Å². The van der Waals surface area contributed by atoms with Crippen molar-refractivity contribution in [2.45, 2.75) is 12.0 Å². The van der Waals surface area contributed by atoms with E-state index < -0.39 is 17.9 Å². The van der Waals surface area contributed by atoms with Gasteiger partial charge in [-0.05, 0) is 53.6 Å². The molecule has 0 aromatic heterocycles. The third-order valence-electron chi connectivity index (χ3n) is 5.40. The SMILES string of the molecule is COc1ccc(C2C(C(=O)[O-])c3ccccc3C(=O)N2c2ccc(OC)cc2)cc1.[Na+]. The molecule has 0 spiro atoms. The van der Waals surface area contributed by atoms with Crippen LogP contribution in [0.15, 0.2) is 72.8 Å². The summed E-state index contributed by atoms with van der Waals surface area (Å²) in [7, 11) is 3.12. The molecule has 1 aliphatic rings. The fourth-order valence-corrected chi connectivity index (χ4v) is 3.96. The Morgan fingerprint density at radius 1 is 0.871 bits per heavy atom. The van der Waals surface area contributed by atoms with Crippen LogP contribution in [0, 0.1) is 0 Å². The predicted molar refractivity (Wildman–Crippen MR) is 110 cm³/mol. The Kier molecular flexibility index (Phi) is 7.05. The molecule has 3 aromatic rings. The minimum Gasteiger partial charge on any atom is -0.549 e. The summed E-state index contributed by atoms with van der Waals surface area (Å²) in [6.07, 6.45) is 0. The van der Waals surface area contributed by atoms with Crippen LogP contribution in [-0.2, 0) is 4.79 Å². The standard InChI is InChI=1S/C24H21NO5.Na/c1-29-17-11-7-15(8-12-17)22-21(24(27)28)19-5-3-4-6-20(19)23(26)25(22)16-9-13-18(30-2)14-10-16;/h3-14,21-22H,1-2H3,(H,27,28);/q;+1/p-1. The first-order valence-corrected chi connectivity index (χ1v) is 9.46. The zero-order valence-electron chi connectivity index (χ0n) is 17.6. The predicted octanol–water partition coefficient (Wildman–Crippen LogP) is -0.0570. The molecule has 4 rings (SSSR count). The quantitative estimate of drug-likeness (QED) is 0.536. The first kappa shape index (κ1) is 22.9. The van der Waals surface area contributed by atoms with Crippen LogP contribution < -0.4 is 49.0 Å². The van der Waals surface area contributed by atoms with Gasteiger partial charge in [-0.3, -0.25) is 9.69 Å². The van der Waals surface area contributed by atoms with E-state index in [0.29, 0.717) is 33.9 Å². The number of anilines is 1. The molecule has 0 saturated heterocycles. The first-order chi connectivity index (χ1) is 14.5. The summed E-state index contributed by atoms with van der Waals surface area (Å²) in [5.74, 6) is -1.26. The molecule has 0 saturated carbocycles. The van der Waals surface area contributed by atoms with Crippen molar-refractivity contribution in [2.75, 3.05) is 19.1 Å². The second kappa shape index (κ2) is 9.56. The topological polar surface area (TPSA) is 78.9 Å². The Hall–Kier alpha value is -2.80. The minimum atomic E-state index is -1.24. The number of carbonyl (C=O) groups is 2. The van der Waals surface area contributed by atoms with Crippen molar-refractivity contribution >= 4 is 17.6 Å². The fraction of sp³-hybridized carbons (Fsp3) is 0.167. The average molecular weight is 425 g/mol. The van der Waals surface area contributed by atoms with Crippen molar-refractivity contribution in [3.8, 4) is 11.5 Å². The van der Waals surface area contributed by atoms with Crippen LogP contribution in [0.25, 0.3) is 0 Å². The number of hydrogen-bond acceptors (Lipinski definition) is 5. The van der Waals surface area contributed by atoms with E-state index in [-0.39, 0.29) is 35.5 Å². The summed E-state index contributed by atoms with van der Waals surface area (Å²) in [6.45, 7) is 0. The number of fused-ring (bicyclic) bond motifs is 1. The number of benzene rings is 3. The molecule has 1 amide bonds. The zero-order valence-corrected chi connectivity index (χ0v) is 19.6.